The van der Waals surface area contributed by atoms with Crippen molar-refractivity contribution < 1.29 is 14.7 Å². The molecule has 5 nitrogen and oxygen atoms in total. The van der Waals surface area contributed by atoms with Crippen molar-refractivity contribution in [3.05, 3.63) is 53.1 Å². The number of anilines is 1. The summed E-state index contributed by atoms with van der Waals surface area (Å²) in [6, 6.07) is 11.8. The summed E-state index contributed by atoms with van der Waals surface area (Å²) in [5, 5.41) is 10.8. The highest BCUT2D eigenvalue weighted by Crippen LogP contribution is 2.44. The van der Waals surface area contributed by atoms with Crippen LogP contribution in [0.4, 0.5) is 5.69 Å². The fourth-order valence-electron chi connectivity index (χ4n) is 5.11. The highest BCUT2D eigenvalue weighted by Gasteiger charge is 2.48. The minimum Gasteiger partial charge on any atom is -0.388 e. The quantitative estimate of drug-likeness (QED) is 0.871. The number of fused-ring (bicyclic) bond motifs is 2. The zero-order valence-corrected chi connectivity index (χ0v) is 17.1. The van der Waals surface area contributed by atoms with Gasteiger partial charge in [0.25, 0.3) is 5.91 Å². The van der Waals surface area contributed by atoms with Gasteiger partial charge in [-0.15, -0.1) is 0 Å². The van der Waals surface area contributed by atoms with Crippen LogP contribution in [0, 0.1) is 5.92 Å². The first-order chi connectivity index (χ1) is 13.8. The maximum Gasteiger partial charge on any atom is 0.255 e. The van der Waals surface area contributed by atoms with E-state index in [-0.39, 0.29) is 17.9 Å². The van der Waals surface area contributed by atoms with Crippen LogP contribution in [-0.4, -0.2) is 40.5 Å². The lowest BCUT2D eigenvalue weighted by molar-refractivity contribution is -0.117. The number of hydrogen-bond acceptors (Lipinski definition) is 3. The Kier molecular flexibility index (Phi) is 3.91. The average Bonchev–Trinajstić information content (AvgIpc) is 3.38. The Morgan fingerprint density at radius 2 is 1.86 bits per heavy atom. The molecule has 0 spiro atoms. The molecule has 3 aliphatic rings. The van der Waals surface area contributed by atoms with E-state index in [1.54, 1.807) is 25.8 Å². The van der Waals surface area contributed by atoms with Crippen molar-refractivity contribution in [3.8, 4) is 11.1 Å². The van der Waals surface area contributed by atoms with Crippen molar-refractivity contribution in [2.45, 2.75) is 51.3 Å². The Labute approximate surface area is 170 Å². The Morgan fingerprint density at radius 1 is 1.10 bits per heavy atom. The van der Waals surface area contributed by atoms with E-state index in [1.807, 2.05) is 41.3 Å². The number of carbonyl (C=O) groups is 2. The number of rotatable bonds is 4. The molecule has 1 aliphatic carbocycles. The second kappa shape index (κ2) is 6.17. The van der Waals surface area contributed by atoms with Gasteiger partial charge in [-0.3, -0.25) is 9.59 Å². The summed E-state index contributed by atoms with van der Waals surface area (Å²) < 4.78 is 0. The van der Waals surface area contributed by atoms with Crippen molar-refractivity contribution >= 4 is 17.5 Å². The second-order valence-corrected chi connectivity index (χ2v) is 9.18. The first-order valence-corrected chi connectivity index (χ1v) is 10.3. The lowest BCUT2D eigenvalue weighted by atomic mass is 9.92. The van der Waals surface area contributed by atoms with E-state index in [9.17, 15) is 14.7 Å². The first-order valence-electron chi connectivity index (χ1n) is 10.3. The van der Waals surface area contributed by atoms with E-state index in [0.29, 0.717) is 18.9 Å². The molecule has 29 heavy (non-hydrogen) atoms. The fraction of sp³-hybridized carbons (Fsp3) is 0.417. The summed E-state index contributed by atoms with van der Waals surface area (Å²) in [6.07, 6.45) is 2.53. The van der Waals surface area contributed by atoms with Gasteiger partial charge in [0.1, 0.15) is 0 Å². The molecule has 0 saturated heterocycles. The summed E-state index contributed by atoms with van der Waals surface area (Å²) in [5.74, 6) is 0.469. The number of benzene rings is 2. The Balaban J connectivity index is 1.55. The van der Waals surface area contributed by atoms with Crippen LogP contribution in [0.3, 0.4) is 0 Å². The lowest BCUT2D eigenvalue weighted by Crippen LogP contribution is -2.51. The van der Waals surface area contributed by atoms with Gasteiger partial charge in [-0.2, -0.15) is 0 Å². The average molecular weight is 390 g/mol. The van der Waals surface area contributed by atoms with Crippen molar-refractivity contribution in [1.29, 1.82) is 0 Å². The minimum absolute atomic E-state index is 0.00307. The molecule has 5 heteroatoms. The molecule has 2 aromatic carbocycles. The van der Waals surface area contributed by atoms with Crippen LogP contribution in [-0.2, 0) is 17.8 Å². The zero-order valence-electron chi connectivity index (χ0n) is 17.1. The van der Waals surface area contributed by atoms with Crippen LogP contribution < -0.4 is 4.90 Å². The third-order valence-corrected chi connectivity index (χ3v) is 6.56. The molecule has 0 bridgehead atoms. The molecule has 2 heterocycles. The van der Waals surface area contributed by atoms with Crippen molar-refractivity contribution in [2.75, 3.05) is 11.9 Å². The molecule has 1 fully saturated rings. The van der Waals surface area contributed by atoms with Crippen LogP contribution in [0.5, 0.6) is 0 Å². The van der Waals surface area contributed by atoms with E-state index in [0.717, 1.165) is 46.3 Å². The van der Waals surface area contributed by atoms with Gasteiger partial charge in [-0.1, -0.05) is 24.3 Å². The van der Waals surface area contributed by atoms with E-state index in [4.69, 9.17) is 0 Å². The topological polar surface area (TPSA) is 60.9 Å². The first kappa shape index (κ1) is 18.4. The van der Waals surface area contributed by atoms with Gasteiger partial charge >= 0.3 is 0 Å². The molecule has 2 amide bonds. The molecule has 0 aromatic heterocycles. The molecule has 0 unspecified atom stereocenters. The molecule has 1 atom stereocenters. The Bertz CT molecular complexity index is 1030. The Morgan fingerprint density at radius 3 is 2.55 bits per heavy atom. The summed E-state index contributed by atoms with van der Waals surface area (Å²) in [5.41, 5.74) is 4.63. The molecule has 2 aliphatic heterocycles. The largest absolute Gasteiger partial charge is 0.388 e. The molecular weight excluding hydrogens is 364 g/mol. The number of aliphatic hydroxyl groups is 1. The molecule has 2 aromatic rings. The van der Waals surface area contributed by atoms with Gasteiger partial charge in [-0.25, -0.2) is 0 Å². The molecule has 5 rings (SSSR count). The zero-order chi connectivity index (χ0) is 20.5. The SMILES string of the molecule is CN1C(=O)Cc2cc(-c3cccc4c3C(=O)N([C@H](C3CC3)C(C)(C)O)C4)ccc21. The third-order valence-electron chi connectivity index (χ3n) is 6.56. The molecular formula is C24H26N2O3. The second-order valence-electron chi connectivity index (χ2n) is 9.18. The van der Waals surface area contributed by atoms with Gasteiger partial charge in [0.15, 0.2) is 0 Å². The fourth-order valence-corrected chi connectivity index (χ4v) is 5.11. The van der Waals surface area contributed by atoms with Crippen LogP contribution in [0.2, 0.25) is 0 Å². The number of hydrogen-bond donors (Lipinski definition) is 1. The summed E-state index contributed by atoms with van der Waals surface area (Å²) in [7, 11) is 1.80. The summed E-state index contributed by atoms with van der Waals surface area (Å²) in [4.78, 5) is 29.1. The summed E-state index contributed by atoms with van der Waals surface area (Å²) >= 11 is 0. The normalized spacial score (nSPS) is 19.6. The Hall–Kier alpha value is -2.66. The number of amides is 2. The van der Waals surface area contributed by atoms with Gasteiger partial charge in [0.2, 0.25) is 5.91 Å². The smallest absolute Gasteiger partial charge is 0.255 e. The maximum absolute atomic E-state index is 13.5. The predicted octanol–water partition coefficient (Wildman–Crippen LogP) is 3.38. The van der Waals surface area contributed by atoms with Crippen molar-refractivity contribution in [2.24, 2.45) is 5.92 Å². The van der Waals surface area contributed by atoms with E-state index in [2.05, 4.69) is 0 Å². The molecule has 1 N–H and O–H groups in total. The highest BCUT2D eigenvalue weighted by molar-refractivity contribution is 6.06. The highest BCUT2D eigenvalue weighted by atomic mass is 16.3. The number of nitrogens with zero attached hydrogens (tertiary/aromatic N) is 2. The summed E-state index contributed by atoms with van der Waals surface area (Å²) in [6.45, 7) is 4.15. The van der Waals surface area contributed by atoms with Crippen LogP contribution in [0.1, 0.15) is 48.2 Å². The van der Waals surface area contributed by atoms with Crippen LogP contribution in [0.25, 0.3) is 11.1 Å². The third kappa shape index (κ3) is 2.87. The number of carbonyl (C=O) groups excluding carboxylic acids is 2. The molecule has 150 valence electrons. The van der Waals surface area contributed by atoms with Crippen LogP contribution in [0.15, 0.2) is 36.4 Å². The van der Waals surface area contributed by atoms with Gasteiger partial charge in [-0.05, 0) is 67.0 Å². The maximum atomic E-state index is 13.5. The number of likely N-dealkylation sites (N-methyl/N-ethyl adjacent to an activating group) is 1. The van der Waals surface area contributed by atoms with Crippen molar-refractivity contribution in [3.63, 3.8) is 0 Å². The predicted molar refractivity (Wildman–Crippen MR) is 112 cm³/mol. The van der Waals surface area contributed by atoms with E-state index < -0.39 is 5.60 Å². The van der Waals surface area contributed by atoms with Gasteiger partial charge in [0, 0.05) is 19.3 Å². The van der Waals surface area contributed by atoms with Gasteiger partial charge < -0.3 is 14.9 Å². The standard InChI is InChI=1S/C24H26N2O3/c1-24(2,29)22(14-7-8-14)26-13-16-5-4-6-18(21(16)23(26)28)15-9-10-19-17(11-15)12-20(27)25(19)3/h4-6,9-11,14,22,29H,7-8,12-13H2,1-3H3/t22-/m1/s1. The lowest BCUT2D eigenvalue weighted by Gasteiger charge is -2.37. The van der Waals surface area contributed by atoms with Crippen molar-refractivity contribution in [1.82, 2.24) is 4.90 Å². The van der Waals surface area contributed by atoms with Crippen LogP contribution >= 0.6 is 0 Å². The van der Waals surface area contributed by atoms with E-state index in [1.165, 1.54) is 0 Å². The molecule has 1 saturated carbocycles. The minimum atomic E-state index is -0.933. The monoisotopic (exact) mass is 390 g/mol. The van der Waals surface area contributed by atoms with Gasteiger partial charge in [0.05, 0.1) is 23.6 Å². The van der Waals surface area contributed by atoms with E-state index >= 15 is 0 Å². The molecule has 0 radical (unpaired) electrons.